The number of nitrogens with one attached hydrogen (secondary N) is 1. The molecule has 0 saturated carbocycles. The summed E-state index contributed by atoms with van der Waals surface area (Å²) in [7, 11) is 0. The van der Waals surface area contributed by atoms with E-state index in [4.69, 9.17) is 4.74 Å². The predicted octanol–water partition coefficient (Wildman–Crippen LogP) is 5.46. The second kappa shape index (κ2) is 8.88. The van der Waals surface area contributed by atoms with Crippen LogP contribution >= 0.6 is 0 Å². The van der Waals surface area contributed by atoms with Gasteiger partial charge in [-0.3, -0.25) is 4.79 Å². The fourth-order valence-corrected chi connectivity index (χ4v) is 3.13. The summed E-state index contributed by atoms with van der Waals surface area (Å²) in [5, 5.41) is 3.14. The van der Waals surface area contributed by atoms with Crippen LogP contribution in [0, 0.1) is 13.8 Å². The molecule has 0 aliphatic heterocycles. The molecule has 3 nitrogen and oxygen atoms in total. The van der Waals surface area contributed by atoms with Gasteiger partial charge in [0.1, 0.15) is 5.75 Å². The van der Waals surface area contributed by atoms with E-state index in [-0.39, 0.29) is 11.9 Å². The Morgan fingerprint density at radius 2 is 1.73 bits per heavy atom. The summed E-state index contributed by atoms with van der Waals surface area (Å²) in [5.74, 6) is 1.05. The zero-order valence-corrected chi connectivity index (χ0v) is 16.8. The lowest BCUT2D eigenvalue weighted by Crippen LogP contribution is -2.38. The summed E-state index contributed by atoms with van der Waals surface area (Å²) in [4.78, 5) is 12.7. The van der Waals surface area contributed by atoms with E-state index < -0.39 is 6.10 Å². The van der Waals surface area contributed by atoms with E-state index in [0.29, 0.717) is 5.92 Å². The minimum absolute atomic E-state index is 0.00294. The van der Waals surface area contributed by atoms with Gasteiger partial charge in [-0.2, -0.15) is 0 Å². The Bertz CT molecular complexity index is 752. The first-order valence-electron chi connectivity index (χ1n) is 9.46. The Morgan fingerprint density at radius 3 is 2.35 bits per heavy atom. The number of ether oxygens (including phenoxy) is 1. The van der Waals surface area contributed by atoms with Crippen molar-refractivity contribution in [2.24, 2.45) is 0 Å². The molecule has 0 heterocycles. The summed E-state index contributed by atoms with van der Waals surface area (Å²) in [6.45, 7) is 12.3. The largest absolute Gasteiger partial charge is 0.481 e. The maximum absolute atomic E-state index is 12.7. The Labute approximate surface area is 157 Å². The predicted molar refractivity (Wildman–Crippen MR) is 108 cm³/mol. The third-order valence-electron chi connectivity index (χ3n) is 4.75. The van der Waals surface area contributed by atoms with Crippen LogP contribution in [0.2, 0.25) is 0 Å². The van der Waals surface area contributed by atoms with Crippen molar-refractivity contribution >= 4 is 5.91 Å². The van der Waals surface area contributed by atoms with E-state index in [1.165, 1.54) is 5.56 Å². The molecule has 0 aliphatic carbocycles. The molecule has 0 aromatic heterocycles. The van der Waals surface area contributed by atoms with E-state index in [1.54, 1.807) is 0 Å². The van der Waals surface area contributed by atoms with Gasteiger partial charge in [0.15, 0.2) is 6.10 Å². The first kappa shape index (κ1) is 20.0. The summed E-state index contributed by atoms with van der Waals surface area (Å²) in [5.41, 5.74) is 4.60. The maximum Gasteiger partial charge on any atom is 0.261 e. The van der Waals surface area contributed by atoms with Crippen LogP contribution in [0.5, 0.6) is 5.75 Å². The van der Waals surface area contributed by atoms with Crippen LogP contribution in [0.4, 0.5) is 0 Å². The number of carbonyl (C=O) groups excluding carboxylic acids is 1. The minimum Gasteiger partial charge on any atom is -0.481 e. The highest BCUT2D eigenvalue weighted by Crippen LogP contribution is 2.28. The van der Waals surface area contributed by atoms with Crippen LogP contribution in [0.15, 0.2) is 42.5 Å². The van der Waals surface area contributed by atoms with Crippen molar-refractivity contribution in [1.82, 2.24) is 5.32 Å². The van der Waals surface area contributed by atoms with E-state index in [1.807, 2.05) is 32.0 Å². The molecule has 2 aromatic rings. The summed E-state index contributed by atoms with van der Waals surface area (Å²) in [6, 6.07) is 14.4. The average Bonchev–Trinajstić information content (AvgIpc) is 2.60. The smallest absolute Gasteiger partial charge is 0.261 e. The van der Waals surface area contributed by atoms with E-state index in [9.17, 15) is 4.79 Å². The van der Waals surface area contributed by atoms with Crippen molar-refractivity contribution in [3.63, 3.8) is 0 Å². The molecule has 0 radical (unpaired) electrons. The topological polar surface area (TPSA) is 38.3 Å². The fraction of sp³-hybridized carbons (Fsp3) is 0.435. The molecule has 1 amide bonds. The molecule has 2 atom stereocenters. The van der Waals surface area contributed by atoms with Gasteiger partial charge in [-0.25, -0.2) is 0 Å². The van der Waals surface area contributed by atoms with Crippen LogP contribution < -0.4 is 10.1 Å². The van der Waals surface area contributed by atoms with Crippen LogP contribution in [0.1, 0.15) is 68.3 Å². The average molecular weight is 354 g/mol. The van der Waals surface area contributed by atoms with E-state index in [0.717, 1.165) is 28.9 Å². The van der Waals surface area contributed by atoms with Gasteiger partial charge in [0.2, 0.25) is 0 Å². The van der Waals surface area contributed by atoms with E-state index in [2.05, 4.69) is 57.3 Å². The van der Waals surface area contributed by atoms with Crippen LogP contribution in [-0.4, -0.2) is 12.0 Å². The molecule has 0 fully saturated rings. The molecule has 140 valence electrons. The molecule has 0 bridgehead atoms. The highest BCUT2D eigenvalue weighted by Gasteiger charge is 2.21. The molecule has 3 heteroatoms. The number of hydrogen-bond donors (Lipinski definition) is 1. The number of rotatable bonds is 7. The number of carbonyl (C=O) groups is 1. The van der Waals surface area contributed by atoms with Crippen molar-refractivity contribution in [2.45, 2.75) is 66.0 Å². The van der Waals surface area contributed by atoms with E-state index >= 15 is 0 Å². The normalized spacial score (nSPS) is 13.3. The quantitative estimate of drug-likeness (QED) is 0.717. The van der Waals surface area contributed by atoms with Gasteiger partial charge in [0.25, 0.3) is 5.91 Å². The van der Waals surface area contributed by atoms with Gasteiger partial charge in [-0.05, 0) is 61.4 Å². The van der Waals surface area contributed by atoms with Crippen molar-refractivity contribution in [1.29, 1.82) is 0 Å². The SMILES string of the molecule is CC[C@H](NC(=O)[C@@H](C)Oc1cc(C)ccc1C(C)C)c1ccccc1C. The summed E-state index contributed by atoms with van der Waals surface area (Å²) >= 11 is 0. The lowest BCUT2D eigenvalue weighted by molar-refractivity contribution is -0.128. The van der Waals surface area contributed by atoms with Crippen molar-refractivity contribution in [3.8, 4) is 5.75 Å². The molecular weight excluding hydrogens is 322 g/mol. The zero-order chi connectivity index (χ0) is 19.3. The second-order valence-electron chi connectivity index (χ2n) is 7.28. The van der Waals surface area contributed by atoms with Crippen LogP contribution in [0.3, 0.4) is 0 Å². The molecular formula is C23H31NO2. The molecule has 2 rings (SSSR count). The molecule has 0 aliphatic rings. The van der Waals surface area contributed by atoms with Gasteiger partial charge in [0, 0.05) is 0 Å². The van der Waals surface area contributed by atoms with Gasteiger partial charge < -0.3 is 10.1 Å². The number of hydrogen-bond acceptors (Lipinski definition) is 2. The Hall–Kier alpha value is -2.29. The van der Waals surface area contributed by atoms with Crippen molar-refractivity contribution in [2.75, 3.05) is 0 Å². The Morgan fingerprint density at radius 1 is 1.04 bits per heavy atom. The molecule has 2 aromatic carbocycles. The van der Waals surface area contributed by atoms with Crippen molar-refractivity contribution < 1.29 is 9.53 Å². The van der Waals surface area contributed by atoms with Gasteiger partial charge in [0.05, 0.1) is 6.04 Å². The highest BCUT2D eigenvalue weighted by atomic mass is 16.5. The third-order valence-corrected chi connectivity index (χ3v) is 4.75. The zero-order valence-electron chi connectivity index (χ0n) is 16.8. The lowest BCUT2D eigenvalue weighted by atomic mass is 9.99. The molecule has 1 N–H and O–H groups in total. The summed E-state index contributed by atoms with van der Waals surface area (Å²) in [6.07, 6.45) is 0.290. The number of amides is 1. The highest BCUT2D eigenvalue weighted by molar-refractivity contribution is 5.81. The molecule has 0 unspecified atom stereocenters. The standard InChI is InChI=1S/C23H31NO2/c1-7-21(20-11-9-8-10-17(20)5)24-23(25)18(6)26-22-14-16(4)12-13-19(22)15(2)3/h8-15,18,21H,7H2,1-6H3,(H,24,25)/t18-,21+/m1/s1. The third kappa shape index (κ3) is 4.87. The van der Waals surface area contributed by atoms with Gasteiger partial charge in [-0.15, -0.1) is 0 Å². The monoisotopic (exact) mass is 353 g/mol. The Kier molecular flexibility index (Phi) is 6.84. The minimum atomic E-state index is -0.549. The molecule has 26 heavy (non-hydrogen) atoms. The molecule has 0 spiro atoms. The number of benzene rings is 2. The first-order chi connectivity index (χ1) is 12.3. The first-order valence-corrected chi connectivity index (χ1v) is 9.46. The number of aryl methyl sites for hydroxylation is 2. The Balaban J connectivity index is 2.12. The van der Waals surface area contributed by atoms with Gasteiger partial charge in [-0.1, -0.05) is 57.2 Å². The van der Waals surface area contributed by atoms with Crippen LogP contribution in [0.25, 0.3) is 0 Å². The molecule has 0 saturated heterocycles. The van der Waals surface area contributed by atoms with Crippen LogP contribution in [-0.2, 0) is 4.79 Å². The fourth-order valence-electron chi connectivity index (χ4n) is 3.13. The maximum atomic E-state index is 12.7. The van der Waals surface area contributed by atoms with Gasteiger partial charge >= 0.3 is 0 Å². The lowest BCUT2D eigenvalue weighted by Gasteiger charge is -2.23. The van der Waals surface area contributed by atoms with Crippen molar-refractivity contribution in [3.05, 3.63) is 64.7 Å². The summed E-state index contributed by atoms with van der Waals surface area (Å²) < 4.78 is 6.05. The second-order valence-corrected chi connectivity index (χ2v) is 7.28.